The highest BCUT2D eigenvalue weighted by molar-refractivity contribution is 7.09. The third-order valence-electron chi connectivity index (χ3n) is 5.37. The number of ether oxygens (including phenoxy) is 1. The van der Waals surface area contributed by atoms with E-state index < -0.39 is 0 Å². The number of hydrogen-bond acceptors (Lipinski definition) is 5. The number of rotatable bonds is 8. The SMILES string of the molecule is Cc1ccc(NC(=O)COc2ccc(N3C[C@@H](C(=O)NCc4cccs4)CC3=O)cc2)cc1. The van der Waals surface area contributed by atoms with Crippen LogP contribution in [0.5, 0.6) is 5.75 Å². The Bertz CT molecular complexity index is 1110. The third-order valence-corrected chi connectivity index (χ3v) is 6.24. The van der Waals surface area contributed by atoms with Crippen LogP contribution in [0.4, 0.5) is 11.4 Å². The van der Waals surface area contributed by atoms with Gasteiger partial charge >= 0.3 is 0 Å². The van der Waals surface area contributed by atoms with Crippen molar-refractivity contribution in [2.75, 3.05) is 23.4 Å². The molecule has 2 N–H and O–H groups in total. The lowest BCUT2D eigenvalue weighted by molar-refractivity contribution is -0.126. The highest BCUT2D eigenvalue weighted by Gasteiger charge is 2.35. The van der Waals surface area contributed by atoms with Crippen LogP contribution in [0.15, 0.2) is 66.0 Å². The Kier molecular flexibility index (Phi) is 7.04. The maximum atomic E-state index is 12.5. The van der Waals surface area contributed by atoms with Gasteiger partial charge in [-0.1, -0.05) is 23.8 Å². The average molecular weight is 464 g/mol. The van der Waals surface area contributed by atoms with Crippen LogP contribution in [0.2, 0.25) is 0 Å². The van der Waals surface area contributed by atoms with Gasteiger partial charge in [0.2, 0.25) is 11.8 Å². The molecule has 33 heavy (non-hydrogen) atoms. The summed E-state index contributed by atoms with van der Waals surface area (Å²) in [5.74, 6) is -0.307. The Morgan fingerprint density at radius 1 is 1.09 bits per heavy atom. The Labute approximate surface area is 196 Å². The lowest BCUT2D eigenvalue weighted by Crippen LogP contribution is -2.32. The van der Waals surface area contributed by atoms with Crippen LogP contribution in [0.3, 0.4) is 0 Å². The number of anilines is 2. The molecule has 1 fully saturated rings. The maximum absolute atomic E-state index is 12.5. The predicted octanol–water partition coefficient (Wildman–Crippen LogP) is 3.74. The van der Waals surface area contributed by atoms with Gasteiger partial charge in [0.1, 0.15) is 5.75 Å². The van der Waals surface area contributed by atoms with Crippen LogP contribution in [-0.4, -0.2) is 30.9 Å². The van der Waals surface area contributed by atoms with Gasteiger partial charge < -0.3 is 20.3 Å². The minimum absolute atomic E-state index is 0.0857. The van der Waals surface area contributed by atoms with Crippen LogP contribution in [0.1, 0.15) is 16.9 Å². The molecule has 0 saturated carbocycles. The van der Waals surface area contributed by atoms with Gasteiger partial charge in [-0.25, -0.2) is 0 Å². The molecule has 1 saturated heterocycles. The molecule has 1 aromatic heterocycles. The summed E-state index contributed by atoms with van der Waals surface area (Å²) < 4.78 is 5.56. The second kappa shape index (κ2) is 10.3. The molecule has 4 rings (SSSR count). The first-order valence-corrected chi connectivity index (χ1v) is 11.6. The quantitative estimate of drug-likeness (QED) is 0.533. The lowest BCUT2D eigenvalue weighted by atomic mass is 10.1. The van der Waals surface area contributed by atoms with Gasteiger partial charge in [-0.15, -0.1) is 11.3 Å². The van der Waals surface area contributed by atoms with Gasteiger partial charge in [0.05, 0.1) is 12.5 Å². The number of aryl methyl sites for hydroxylation is 1. The molecule has 8 heteroatoms. The predicted molar refractivity (Wildman–Crippen MR) is 128 cm³/mol. The van der Waals surface area contributed by atoms with Gasteiger partial charge in [0.15, 0.2) is 6.61 Å². The highest BCUT2D eigenvalue weighted by atomic mass is 32.1. The van der Waals surface area contributed by atoms with Gasteiger partial charge in [-0.2, -0.15) is 0 Å². The summed E-state index contributed by atoms with van der Waals surface area (Å²) >= 11 is 1.58. The topological polar surface area (TPSA) is 87.7 Å². The average Bonchev–Trinajstić information content (AvgIpc) is 3.48. The van der Waals surface area contributed by atoms with Crippen LogP contribution < -0.4 is 20.3 Å². The van der Waals surface area contributed by atoms with Crippen LogP contribution in [0, 0.1) is 12.8 Å². The Balaban J connectivity index is 1.26. The summed E-state index contributed by atoms with van der Waals surface area (Å²) in [6.45, 7) is 2.68. The van der Waals surface area contributed by atoms with Crippen molar-refractivity contribution in [3.8, 4) is 5.75 Å². The van der Waals surface area contributed by atoms with E-state index in [-0.39, 0.29) is 36.7 Å². The van der Waals surface area contributed by atoms with E-state index in [2.05, 4.69) is 10.6 Å². The fourth-order valence-electron chi connectivity index (χ4n) is 3.57. The Morgan fingerprint density at radius 2 is 1.85 bits per heavy atom. The Hall–Kier alpha value is -3.65. The largest absolute Gasteiger partial charge is 0.484 e. The fourth-order valence-corrected chi connectivity index (χ4v) is 4.21. The van der Waals surface area contributed by atoms with Gasteiger partial charge in [-0.05, 0) is 54.8 Å². The zero-order chi connectivity index (χ0) is 23.2. The van der Waals surface area contributed by atoms with E-state index in [0.717, 1.165) is 10.4 Å². The zero-order valence-corrected chi connectivity index (χ0v) is 19.1. The molecule has 0 spiro atoms. The molecule has 7 nitrogen and oxygen atoms in total. The highest BCUT2D eigenvalue weighted by Crippen LogP contribution is 2.27. The second-order valence-corrected chi connectivity index (χ2v) is 8.93. The number of carbonyl (C=O) groups is 3. The molecule has 2 aromatic carbocycles. The van der Waals surface area contributed by atoms with Gasteiger partial charge in [0, 0.05) is 29.2 Å². The lowest BCUT2D eigenvalue weighted by Gasteiger charge is -2.17. The number of nitrogens with one attached hydrogen (secondary N) is 2. The number of amides is 3. The molecule has 3 amide bonds. The van der Waals surface area contributed by atoms with E-state index in [0.29, 0.717) is 30.2 Å². The van der Waals surface area contributed by atoms with E-state index in [1.165, 1.54) is 0 Å². The molecule has 2 heterocycles. The monoisotopic (exact) mass is 463 g/mol. The van der Waals surface area contributed by atoms with Gasteiger partial charge in [0.25, 0.3) is 5.91 Å². The summed E-state index contributed by atoms with van der Waals surface area (Å²) in [7, 11) is 0. The van der Waals surface area contributed by atoms with Crippen molar-refractivity contribution in [3.63, 3.8) is 0 Å². The third kappa shape index (κ3) is 5.98. The van der Waals surface area contributed by atoms with Crippen LogP contribution >= 0.6 is 11.3 Å². The molecule has 170 valence electrons. The summed E-state index contributed by atoms with van der Waals surface area (Å²) in [5.41, 5.74) is 2.53. The smallest absolute Gasteiger partial charge is 0.262 e. The molecular weight excluding hydrogens is 438 g/mol. The summed E-state index contributed by atoms with van der Waals surface area (Å²) in [6, 6.07) is 18.4. The normalized spacial score (nSPS) is 15.4. The first-order valence-electron chi connectivity index (χ1n) is 10.7. The maximum Gasteiger partial charge on any atom is 0.262 e. The van der Waals surface area contributed by atoms with Gasteiger partial charge in [-0.3, -0.25) is 14.4 Å². The van der Waals surface area contributed by atoms with E-state index in [1.807, 2.05) is 48.7 Å². The van der Waals surface area contributed by atoms with Crippen molar-refractivity contribution in [1.82, 2.24) is 5.32 Å². The van der Waals surface area contributed by atoms with Crippen molar-refractivity contribution >= 4 is 40.4 Å². The van der Waals surface area contributed by atoms with Crippen LogP contribution in [0.25, 0.3) is 0 Å². The number of hydrogen-bond donors (Lipinski definition) is 2. The summed E-state index contributed by atoms with van der Waals surface area (Å²) in [5, 5.41) is 7.66. The fraction of sp³-hybridized carbons (Fsp3) is 0.240. The number of thiophene rings is 1. The zero-order valence-electron chi connectivity index (χ0n) is 18.2. The summed E-state index contributed by atoms with van der Waals surface area (Å²) in [6.07, 6.45) is 0.188. The van der Waals surface area contributed by atoms with Crippen molar-refractivity contribution < 1.29 is 19.1 Å². The second-order valence-electron chi connectivity index (χ2n) is 7.90. The number of benzene rings is 2. The minimum atomic E-state index is -0.376. The molecule has 1 aliphatic heterocycles. The number of nitrogens with zero attached hydrogens (tertiary/aromatic N) is 1. The molecule has 0 bridgehead atoms. The standard InChI is InChI=1S/C25H25N3O4S/c1-17-4-6-19(7-5-17)27-23(29)16-32-21-10-8-20(9-11-21)28-15-18(13-24(28)30)25(31)26-14-22-3-2-12-33-22/h2-12,18H,13-16H2,1H3,(H,26,31)(H,27,29)/t18-/m0/s1. The molecular formula is C25H25N3O4S. The number of carbonyl (C=O) groups excluding carboxylic acids is 3. The Morgan fingerprint density at radius 3 is 2.55 bits per heavy atom. The van der Waals surface area contributed by atoms with Crippen molar-refractivity contribution in [2.24, 2.45) is 5.92 Å². The molecule has 0 unspecified atom stereocenters. The molecule has 1 atom stereocenters. The van der Waals surface area contributed by atoms with E-state index in [9.17, 15) is 14.4 Å². The van der Waals surface area contributed by atoms with E-state index >= 15 is 0 Å². The first-order chi connectivity index (χ1) is 16.0. The minimum Gasteiger partial charge on any atom is -0.484 e. The summed E-state index contributed by atoms with van der Waals surface area (Å²) in [4.78, 5) is 39.7. The molecule has 1 aliphatic rings. The molecule has 3 aromatic rings. The molecule has 0 aliphatic carbocycles. The van der Waals surface area contributed by atoms with Crippen LogP contribution in [-0.2, 0) is 20.9 Å². The molecule has 0 radical (unpaired) electrons. The first kappa shape index (κ1) is 22.5. The van der Waals surface area contributed by atoms with E-state index in [4.69, 9.17) is 4.74 Å². The van der Waals surface area contributed by atoms with Crippen molar-refractivity contribution in [3.05, 3.63) is 76.5 Å². The van der Waals surface area contributed by atoms with Crippen molar-refractivity contribution in [2.45, 2.75) is 19.9 Å². The van der Waals surface area contributed by atoms with E-state index in [1.54, 1.807) is 40.5 Å². The van der Waals surface area contributed by atoms with Crippen molar-refractivity contribution in [1.29, 1.82) is 0 Å².